The number of morpholine rings is 1. The Labute approximate surface area is 141 Å². The first-order chi connectivity index (χ1) is 11.6. The lowest BCUT2D eigenvalue weighted by Gasteiger charge is -2.50. The number of benzene rings is 1. The van der Waals surface area contributed by atoms with E-state index < -0.39 is 0 Å². The molecule has 2 aliphatic heterocycles. The van der Waals surface area contributed by atoms with Crippen molar-refractivity contribution < 1.29 is 9.53 Å². The second-order valence-electron chi connectivity index (χ2n) is 7.12. The van der Waals surface area contributed by atoms with Crippen LogP contribution in [0.15, 0.2) is 30.5 Å². The van der Waals surface area contributed by atoms with Gasteiger partial charge < -0.3 is 10.1 Å². The number of carbonyl (C=O) groups is 1. The van der Waals surface area contributed by atoms with E-state index in [0.29, 0.717) is 18.1 Å². The van der Waals surface area contributed by atoms with Crippen molar-refractivity contribution in [3.05, 3.63) is 30.5 Å². The fourth-order valence-corrected chi connectivity index (χ4v) is 4.27. The predicted molar refractivity (Wildman–Crippen MR) is 92.1 cm³/mol. The molecule has 24 heavy (non-hydrogen) atoms. The number of carbonyl (C=O) groups excluding carboxylic acids is 1. The maximum Gasteiger partial charge on any atom is 0.342 e. The molecule has 1 aromatic carbocycles. The molecule has 0 radical (unpaired) electrons. The summed E-state index contributed by atoms with van der Waals surface area (Å²) >= 11 is 0. The third kappa shape index (κ3) is 2.70. The molecule has 6 heteroatoms. The van der Waals surface area contributed by atoms with E-state index in [2.05, 4.69) is 29.2 Å². The number of amides is 1. The summed E-state index contributed by atoms with van der Waals surface area (Å²) in [5.41, 5.74) is 0.846. The normalized spacial score (nSPS) is 27.5. The van der Waals surface area contributed by atoms with E-state index in [1.807, 2.05) is 24.3 Å². The number of para-hydroxylation sites is 1. The van der Waals surface area contributed by atoms with Crippen LogP contribution in [0, 0.1) is 0 Å². The molecule has 1 amide bonds. The van der Waals surface area contributed by atoms with Crippen molar-refractivity contribution in [3.63, 3.8) is 0 Å². The van der Waals surface area contributed by atoms with Crippen molar-refractivity contribution in [2.75, 3.05) is 13.2 Å². The van der Waals surface area contributed by atoms with Crippen LogP contribution in [0.5, 0.6) is 0 Å². The summed E-state index contributed by atoms with van der Waals surface area (Å²) in [6.07, 6.45) is 3.60. The molecule has 3 heterocycles. The minimum atomic E-state index is -0.141. The second-order valence-corrected chi connectivity index (χ2v) is 7.12. The maximum absolute atomic E-state index is 12.7. The highest BCUT2D eigenvalue weighted by atomic mass is 16.5. The first-order valence-corrected chi connectivity index (χ1v) is 8.72. The minimum absolute atomic E-state index is 0.141. The smallest absolute Gasteiger partial charge is 0.342 e. The van der Waals surface area contributed by atoms with Crippen molar-refractivity contribution >= 4 is 16.9 Å². The zero-order valence-electron chi connectivity index (χ0n) is 14.2. The third-order valence-electron chi connectivity index (χ3n) is 5.17. The van der Waals surface area contributed by atoms with Gasteiger partial charge in [0.2, 0.25) is 0 Å². The average Bonchev–Trinajstić information content (AvgIpc) is 2.98. The minimum Gasteiger partial charge on any atom is -0.378 e. The Morgan fingerprint density at radius 2 is 1.96 bits per heavy atom. The van der Waals surface area contributed by atoms with E-state index in [1.165, 1.54) is 4.68 Å². The van der Waals surface area contributed by atoms with Crippen LogP contribution < -0.4 is 5.32 Å². The second kappa shape index (κ2) is 6.18. The zero-order chi connectivity index (χ0) is 16.7. The summed E-state index contributed by atoms with van der Waals surface area (Å²) in [4.78, 5) is 15.2. The highest BCUT2D eigenvalue weighted by molar-refractivity contribution is 5.89. The number of fused-ring (bicyclic) bond motifs is 3. The molecule has 4 rings (SSSR count). The van der Waals surface area contributed by atoms with Gasteiger partial charge in [-0.15, -0.1) is 0 Å². The summed E-state index contributed by atoms with van der Waals surface area (Å²) < 4.78 is 7.20. The molecule has 0 spiro atoms. The third-order valence-corrected chi connectivity index (χ3v) is 5.17. The van der Waals surface area contributed by atoms with E-state index in [9.17, 15) is 4.79 Å². The number of nitrogens with zero attached hydrogens (tertiary/aromatic N) is 3. The SMILES string of the molecule is CC(C)N1C2COCC1CC(NC(=O)n1ncc3ccccc31)C2. The Hall–Kier alpha value is -1.92. The van der Waals surface area contributed by atoms with Crippen LogP contribution in [0.2, 0.25) is 0 Å². The molecule has 2 saturated heterocycles. The number of aromatic nitrogens is 2. The van der Waals surface area contributed by atoms with Gasteiger partial charge in [0.25, 0.3) is 0 Å². The van der Waals surface area contributed by atoms with Gasteiger partial charge in [0.1, 0.15) is 0 Å². The number of ether oxygens (including phenoxy) is 1. The average molecular weight is 328 g/mol. The Morgan fingerprint density at radius 3 is 2.67 bits per heavy atom. The Morgan fingerprint density at radius 1 is 1.25 bits per heavy atom. The molecule has 0 aliphatic carbocycles. The standard InChI is InChI=1S/C18H24N4O2/c1-12(2)21-15-7-14(8-16(21)11-24-10-15)20-18(23)22-17-6-4-3-5-13(17)9-19-22/h3-6,9,12,14-16H,7-8,10-11H2,1-2H3,(H,20,23). The molecule has 128 valence electrons. The lowest BCUT2D eigenvalue weighted by molar-refractivity contribution is -0.0934. The van der Waals surface area contributed by atoms with E-state index in [0.717, 1.165) is 37.0 Å². The van der Waals surface area contributed by atoms with Gasteiger partial charge >= 0.3 is 6.03 Å². The van der Waals surface area contributed by atoms with Crippen LogP contribution in [-0.4, -0.2) is 58.1 Å². The first kappa shape index (κ1) is 15.6. The zero-order valence-corrected chi connectivity index (χ0v) is 14.2. The monoisotopic (exact) mass is 328 g/mol. The van der Waals surface area contributed by atoms with Crippen molar-refractivity contribution in [2.45, 2.75) is 50.9 Å². The molecule has 2 aromatic rings. The van der Waals surface area contributed by atoms with Gasteiger partial charge in [-0.1, -0.05) is 18.2 Å². The molecule has 0 saturated carbocycles. The fraction of sp³-hybridized carbons (Fsp3) is 0.556. The summed E-state index contributed by atoms with van der Waals surface area (Å²) in [5.74, 6) is 0. The number of hydrogen-bond donors (Lipinski definition) is 1. The van der Waals surface area contributed by atoms with Gasteiger partial charge in [-0.3, -0.25) is 4.90 Å². The van der Waals surface area contributed by atoms with Crippen molar-refractivity contribution in [1.82, 2.24) is 20.0 Å². The van der Waals surface area contributed by atoms with Crippen LogP contribution in [0.1, 0.15) is 26.7 Å². The van der Waals surface area contributed by atoms with Crippen LogP contribution >= 0.6 is 0 Å². The molecular weight excluding hydrogens is 304 g/mol. The van der Waals surface area contributed by atoms with Crippen LogP contribution in [-0.2, 0) is 4.74 Å². The molecular formula is C18H24N4O2. The molecule has 2 unspecified atom stereocenters. The molecule has 2 atom stereocenters. The van der Waals surface area contributed by atoms with E-state index >= 15 is 0 Å². The topological polar surface area (TPSA) is 59.4 Å². The summed E-state index contributed by atoms with van der Waals surface area (Å²) in [6, 6.07) is 9.09. The van der Waals surface area contributed by atoms with Crippen LogP contribution in [0.4, 0.5) is 4.79 Å². The van der Waals surface area contributed by atoms with Gasteiger partial charge in [-0.05, 0) is 32.8 Å². The van der Waals surface area contributed by atoms with Gasteiger partial charge in [0, 0.05) is 29.6 Å². The van der Waals surface area contributed by atoms with E-state index in [-0.39, 0.29) is 12.1 Å². The van der Waals surface area contributed by atoms with Gasteiger partial charge in [0.15, 0.2) is 0 Å². The number of nitrogens with one attached hydrogen (secondary N) is 1. The lowest BCUT2D eigenvalue weighted by atomic mass is 9.89. The molecule has 2 aliphatic rings. The maximum atomic E-state index is 12.7. The molecule has 1 aromatic heterocycles. The molecule has 6 nitrogen and oxygen atoms in total. The van der Waals surface area contributed by atoms with Crippen LogP contribution in [0.3, 0.4) is 0 Å². The first-order valence-electron chi connectivity index (χ1n) is 8.72. The highest BCUT2D eigenvalue weighted by Crippen LogP contribution is 2.29. The van der Waals surface area contributed by atoms with E-state index in [1.54, 1.807) is 6.20 Å². The Kier molecular flexibility index (Phi) is 4.02. The predicted octanol–water partition coefficient (Wildman–Crippen LogP) is 2.23. The number of piperidine rings is 1. The molecule has 2 fully saturated rings. The summed E-state index contributed by atoms with van der Waals surface area (Å²) in [6.45, 7) is 5.98. The molecule has 2 bridgehead atoms. The lowest BCUT2D eigenvalue weighted by Crippen LogP contribution is -2.62. The van der Waals surface area contributed by atoms with Crippen molar-refractivity contribution in [2.24, 2.45) is 0 Å². The Bertz CT molecular complexity index is 727. The highest BCUT2D eigenvalue weighted by Gasteiger charge is 2.40. The molecule has 1 N–H and O–H groups in total. The Balaban J connectivity index is 1.49. The summed E-state index contributed by atoms with van der Waals surface area (Å²) in [5, 5.41) is 8.41. The number of rotatable bonds is 2. The summed E-state index contributed by atoms with van der Waals surface area (Å²) in [7, 11) is 0. The van der Waals surface area contributed by atoms with Gasteiger partial charge in [-0.2, -0.15) is 9.78 Å². The largest absolute Gasteiger partial charge is 0.378 e. The van der Waals surface area contributed by atoms with E-state index in [4.69, 9.17) is 4.74 Å². The van der Waals surface area contributed by atoms with Gasteiger partial charge in [0.05, 0.1) is 24.9 Å². The van der Waals surface area contributed by atoms with Crippen LogP contribution in [0.25, 0.3) is 10.9 Å². The van der Waals surface area contributed by atoms with Crippen molar-refractivity contribution in [1.29, 1.82) is 0 Å². The number of hydrogen-bond acceptors (Lipinski definition) is 4. The quantitative estimate of drug-likeness (QED) is 0.918. The van der Waals surface area contributed by atoms with Gasteiger partial charge in [-0.25, -0.2) is 4.79 Å². The van der Waals surface area contributed by atoms with Crippen molar-refractivity contribution in [3.8, 4) is 0 Å². The fourth-order valence-electron chi connectivity index (χ4n) is 4.27.